The second-order valence-corrected chi connectivity index (χ2v) is 3.57. The lowest BCUT2D eigenvalue weighted by atomic mass is 10.0. The van der Waals surface area contributed by atoms with E-state index >= 15 is 0 Å². The Morgan fingerprint density at radius 2 is 2.20 bits per heavy atom. The molecule has 78 valence electrons. The van der Waals surface area contributed by atoms with Crippen molar-refractivity contribution in [2.75, 3.05) is 0 Å². The SMILES string of the molecule is CCCCCC(=O)c1cccc(C#N)c1. The number of rotatable bonds is 5. The average molecular weight is 201 g/mol. The van der Waals surface area contributed by atoms with Crippen molar-refractivity contribution in [1.29, 1.82) is 5.26 Å². The van der Waals surface area contributed by atoms with Gasteiger partial charge < -0.3 is 0 Å². The summed E-state index contributed by atoms with van der Waals surface area (Å²) in [6, 6.07) is 8.94. The van der Waals surface area contributed by atoms with Gasteiger partial charge in [-0.2, -0.15) is 5.26 Å². The molecule has 15 heavy (non-hydrogen) atoms. The van der Waals surface area contributed by atoms with Crippen LogP contribution in [0.3, 0.4) is 0 Å². The largest absolute Gasteiger partial charge is 0.294 e. The third kappa shape index (κ3) is 3.55. The lowest BCUT2D eigenvalue weighted by molar-refractivity contribution is 0.0979. The lowest BCUT2D eigenvalue weighted by Gasteiger charge is -2.00. The van der Waals surface area contributed by atoms with Gasteiger partial charge in [-0.3, -0.25) is 4.79 Å². The van der Waals surface area contributed by atoms with Gasteiger partial charge in [0.05, 0.1) is 11.6 Å². The van der Waals surface area contributed by atoms with E-state index < -0.39 is 0 Å². The summed E-state index contributed by atoms with van der Waals surface area (Å²) in [5.74, 6) is 0.139. The Morgan fingerprint density at radius 1 is 1.40 bits per heavy atom. The fraction of sp³-hybridized carbons (Fsp3) is 0.385. The second-order valence-electron chi connectivity index (χ2n) is 3.57. The Bertz CT molecular complexity index is 376. The number of nitrogens with zero attached hydrogens (tertiary/aromatic N) is 1. The topological polar surface area (TPSA) is 40.9 Å². The first-order valence-corrected chi connectivity index (χ1v) is 5.31. The third-order valence-corrected chi connectivity index (χ3v) is 2.32. The molecule has 0 amide bonds. The van der Waals surface area contributed by atoms with Crippen molar-refractivity contribution in [3.8, 4) is 6.07 Å². The molecule has 0 heterocycles. The number of nitriles is 1. The quantitative estimate of drug-likeness (QED) is 0.541. The number of hydrogen-bond donors (Lipinski definition) is 0. The molecule has 2 heteroatoms. The van der Waals surface area contributed by atoms with Crippen LogP contribution in [0, 0.1) is 11.3 Å². The zero-order chi connectivity index (χ0) is 11.1. The molecule has 0 unspecified atom stereocenters. The van der Waals surface area contributed by atoms with Crippen LogP contribution in [0.5, 0.6) is 0 Å². The summed E-state index contributed by atoms with van der Waals surface area (Å²) < 4.78 is 0. The fourth-order valence-corrected chi connectivity index (χ4v) is 1.44. The first-order chi connectivity index (χ1) is 7.27. The molecule has 0 aliphatic carbocycles. The van der Waals surface area contributed by atoms with Gasteiger partial charge in [0.1, 0.15) is 0 Å². The summed E-state index contributed by atoms with van der Waals surface area (Å²) in [5, 5.41) is 8.70. The molecule has 0 saturated carbocycles. The lowest BCUT2D eigenvalue weighted by Crippen LogP contribution is -1.99. The van der Waals surface area contributed by atoms with Crippen molar-refractivity contribution in [3.63, 3.8) is 0 Å². The van der Waals surface area contributed by atoms with Gasteiger partial charge >= 0.3 is 0 Å². The van der Waals surface area contributed by atoms with Crippen molar-refractivity contribution in [2.24, 2.45) is 0 Å². The van der Waals surface area contributed by atoms with Crippen LogP contribution in [-0.2, 0) is 0 Å². The normalized spacial score (nSPS) is 9.60. The van der Waals surface area contributed by atoms with Gasteiger partial charge in [0.2, 0.25) is 0 Å². The maximum Gasteiger partial charge on any atom is 0.162 e. The first-order valence-electron chi connectivity index (χ1n) is 5.31. The summed E-state index contributed by atoms with van der Waals surface area (Å²) >= 11 is 0. The Labute approximate surface area is 90.5 Å². The van der Waals surface area contributed by atoms with E-state index in [2.05, 4.69) is 6.92 Å². The summed E-state index contributed by atoms with van der Waals surface area (Å²) in [6.45, 7) is 2.11. The molecule has 2 nitrogen and oxygen atoms in total. The minimum atomic E-state index is 0.139. The predicted molar refractivity (Wildman–Crippen MR) is 59.6 cm³/mol. The fourth-order valence-electron chi connectivity index (χ4n) is 1.44. The van der Waals surface area contributed by atoms with E-state index in [1.807, 2.05) is 6.07 Å². The predicted octanol–water partition coefficient (Wildman–Crippen LogP) is 3.32. The molecule has 0 spiro atoms. The molecule has 0 aliphatic heterocycles. The Balaban J connectivity index is 2.62. The zero-order valence-corrected chi connectivity index (χ0v) is 8.99. The number of hydrogen-bond acceptors (Lipinski definition) is 2. The van der Waals surface area contributed by atoms with E-state index in [0.717, 1.165) is 19.3 Å². The molecule has 0 saturated heterocycles. The minimum absolute atomic E-state index is 0.139. The molecule has 0 radical (unpaired) electrons. The molecular weight excluding hydrogens is 186 g/mol. The molecule has 1 rings (SSSR count). The Hall–Kier alpha value is -1.62. The third-order valence-electron chi connectivity index (χ3n) is 2.32. The van der Waals surface area contributed by atoms with Crippen LogP contribution in [0.1, 0.15) is 48.5 Å². The van der Waals surface area contributed by atoms with E-state index in [-0.39, 0.29) is 5.78 Å². The van der Waals surface area contributed by atoms with Crippen molar-refractivity contribution < 1.29 is 4.79 Å². The van der Waals surface area contributed by atoms with Crippen LogP contribution in [0.25, 0.3) is 0 Å². The summed E-state index contributed by atoms with van der Waals surface area (Å²) in [4.78, 5) is 11.7. The smallest absolute Gasteiger partial charge is 0.162 e. The van der Waals surface area contributed by atoms with Gasteiger partial charge in [0.15, 0.2) is 5.78 Å². The number of ketones is 1. The average Bonchev–Trinajstić information content (AvgIpc) is 2.29. The standard InChI is InChI=1S/C13H15NO/c1-2-3-4-8-13(15)12-7-5-6-11(9-12)10-14/h5-7,9H,2-4,8H2,1H3. The van der Waals surface area contributed by atoms with Crippen LogP contribution in [-0.4, -0.2) is 5.78 Å². The molecule has 0 N–H and O–H groups in total. The highest BCUT2D eigenvalue weighted by Crippen LogP contribution is 2.10. The molecule has 0 fully saturated rings. The summed E-state index contributed by atoms with van der Waals surface area (Å²) in [5.41, 5.74) is 1.21. The number of carbonyl (C=O) groups excluding carboxylic acids is 1. The van der Waals surface area contributed by atoms with Gasteiger partial charge in [-0.05, 0) is 18.6 Å². The maximum atomic E-state index is 11.7. The summed E-state index contributed by atoms with van der Waals surface area (Å²) in [7, 11) is 0. The number of Topliss-reactive ketones (excluding diaryl/α,β-unsaturated/α-hetero) is 1. The van der Waals surface area contributed by atoms with Crippen LogP contribution in [0.2, 0.25) is 0 Å². The van der Waals surface area contributed by atoms with Crippen LogP contribution >= 0.6 is 0 Å². The van der Waals surface area contributed by atoms with Crippen LogP contribution in [0.4, 0.5) is 0 Å². The van der Waals surface area contributed by atoms with Crippen LogP contribution in [0.15, 0.2) is 24.3 Å². The Kier molecular flexibility index (Phi) is 4.56. The van der Waals surface area contributed by atoms with Crippen LogP contribution < -0.4 is 0 Å². The molecule has 0 bridgehead atoms. The second kappa shape index (κ2) is 5.98. The molecule has 1 aromatic rings. The van der Waals surface area contributed by atoms with Crippen molar-refractivity contribution in [2.45, 2.75) is 32.6 Å². The van der Waals surface area contributed by atoms with Gasteiger partial charge in [0.25, 0.3) is 0 Å². The minimum Gasteiger partial charge on any atom is -0.294 e. The van der Waals surface area contributed by atoms with E-state index in [1.54, 1.807) is 24.3 Å². The van der Waals surface area contributed by atoms with E-state index in [9.17, 15) is 4.79 Å². The van der Waals surface area contributed by atoms with Gasteiger partial charge in [-0.25, -0.2) is 0 Å². The van der Waals surface area contributed by atoms with E-state index in [1.165, 1.54) is 0 Å². The van der Waals surface area contributed by atoms with Gasteiger partial charge in [-0.1, -0.05) is 31.9 Å². The molecular formula is C13H15NO. The molecule has 1 aromatic carbocycles. The van der Waals surface area contributed by atoms with E-state index in [0.29, 0.717) is 17.5 Å². The zero-order valence-electron chi connectivity index (χ0n) is 8.99. The van der Waals surface area contributed by atoms with Crippen molar-refractivity contribution in [3.05, 3.63) is 35.4 Å². The monoisotopic (exact) mass is 201 g/mol. The molecule has 0 aliphatic rings. The first kappa shape index (κ1) is 11.5. The number of unbranched alkanes of at least 4 members (excludes halogenated alkanes) is 2. The van der Waals surface area contributed by atoms with Gasteiger partial charge in [0, 0.05) is 12.0 Å². The highest BCUT2D eigenvalue weighted by molar-refractivity contribution is 5.96. The van der Waals surface area contributed by atoms with Gasteiger partial charge in [-0.15, -0.1) is 0 Å². The molecule has 0 aromatic heterocycles. The van der Waals surface area contributed by atoms with E-state index in [4.69, 9.17) is 5.26 Å². The van der Waals surface area contributed by atoms with Crippen molar-refractivity contribution in [1.82, 2.24) is 0 Å². The Morgan fingerprint density at radius 3 is 2.87 bits per heavy atom. The maximum absolute atomic E-state index is 11.7. The highest BCUT2D eigenvalue weighted by atomic mass is 16.1. The molecule has 0 atom stereocenters. The number of benzene rings is 1. The highest BCUT2D eigenvalue weighted by Gasteiger charge is 2.05. The number of carbonyl (C=O) groups is 1. The summed E-state index contributed by atoms with van der Waals surface area (Å²) in [6.07, 6.45) is 3.73. The van der Waals surface area contributed by atoms with Crippen molar-refractivity contribution >= 4 is 5.78 Å².